The van der Waals surface area contributed by atoms with Crippen LogP contribution in [0.25, 0.3) is 21.8 Å². The van der Waals surface area contributed by atoms with E-state index in [0.717, 1.165) is 5.56 Å². The average Bonchev–Trinajstić information content (AvgIpc) is 2.95. The van der Waals surface area contributed by atoms with Crippen molar-refractivity contribution in [2.24, 2.45) is 0 Å². The summed E-state index contributed by atoms with van der Waals surface area (Å²) in [5.41, 5.74) is 3.20. The van der Waals surface area contributed by atoms with Crippen molar-refractivity contribution < 1.29 is 4.79 Å². The van der Waals surface area contributed by atoms with Crippen LogP contribution in [0.2, 0.25) is 0 Å². The maximum Gasteiger partial charge on any atom is 0.159 e. The van der Waals surface area contributed by atoms with Crippen LogP contribution < -0.4 is 0 Å². The van der Waals surface area contributed by atoms with Crippen LogP contribution in [0.1, 0.15) is 17.3 Å². The molecule has 0 bridgehead atoms. The number of nitrogens with one attached hydrogen (secondary N) is 1. The SMILES string of the molecule is CC(=O)c1ccccc1.c1ccc2c(c1)[nH]c1ccccc12. The van der Waals surface area contributed by atoms with Gasteiger partial charge in [-0.1, -0.05) is 66.7 Å². The molecular weight excluding hydrogens is 270 g/mol. The number of benzene rings is 3. The fraction of sp³-hybridized carbons (Fsp3) is 0.0500. The van der Waals surface area contributed by atoms with Crippen LogP contribution in [0.4, 0.5) is 0 Å². The van der Waals surface area contributed by atoms with Crippen molar-refractivity contribution in [3.63, 3.8) is 0 Å². The van der Waals surface area contributed by atoms with Gasteiger partial charge in [0.2, 0.25) is 0 Å². The molecule has 0 saturated heterocycles. The molecule has 1 N–H and O–H groups in total. The van der Waals surface area contributed by atoms with E-state index in [4.69, 9.17) is 0 Å². The van der Waals surface area contributed by atoms with Gasteiger partial charge in [0.05, 0.1) is 0 Å². The van der Waals surface area contributed by atoms with Crippen LogP contribution in [0.15, 0.2) is 78.9 Å². The van der Waals surface area contributed by atoms with Crippen LogP contribution in [0.5, 0.6) is 0 Å². The van der Waals surface area contributed by atoms with Gasteiger partial charge < -0.3 is 4.98 Å². The normalized spacial score (nSPS) is 10.2. The van der Waals surface area contributed by atoms with E-state index in [1.54, 1.807) is 6.92 Å². The number of carbonyl (C=O) groups excluding carboxylic acids is 1. The summed E-state index contributed by atoms with van der Waals surface area (Å²) in [6, 6.07) is 26.0. The van der Waals surface area contributed by atoms with Gasteiger partial charge in [0.15, 0.2) is 5.78 Å². The molecule has 0 saturated carbocycles. The first-order valence-electron chi connectivity index (χ1n) is 7.27. The molecule has 0 unspecified atom stereocenters. The summed E-state index contributed by atoms with van der Waals surface area (Å²) in [6.07, 6.45) is 0. The van der Waals surface area contributed by atoms with Crippen molar-refractivity contribution in [3.05, 3.63) is 84.4 Å². The molecule has 0 aliphatic carbocycles. The Morgan fingerprint density at radius 1 is 0.682 bits per heavy atom. The molecule has 0 amide bonds. The third-order valence-corrected chi connectivity index (χ3v) is 3.59. The van der Waals surface area contributed by atoms with Gasteiger partial charge in [-0.25, -0.2) is 0 Å². The number of fused-ring (bicyclic) bond motifs is 3. The summed E-state index contributed by atoms with van der Waals surface area (Å²) in [7, 11) is 0. The number of hydrogen-bond donors (Lipinski definition) is 1. The standard InChI is InChI=1S/C12H9N.C8H8O/c1-3-7-11-9(5-1)10-6-2-4-8-12(10)13-11;1-7(9)8-5-3-2-4-6-8/h1-8,13H;2-6H,1H3. The predicted octanol–water partition coefficient (Wildman–Crippen LogP) is 5.21. The Labute approximate surface area is 129 Å². The average molecular weight is 287 g/mol. The van der Waals surface area contributed by atoms with Gasteiger partial charge in [0.25, 0.3) is 0 Å². The number of aromatic nitrogens is 1. The molecule has 0 radical (unpaired) electrons. The lowest BCUT2D eigenvalue weighted by Crippen LogP contribution is -1.88. The van der Waals surface area contributed by atoms with Crippen LogP contribution in [0, 0.1) is 0 Å². The molecule has 0 atom stereocenters. The maximum atomic E-state index is 10.6. The number of hydrogen-bond acceptors (Lipinski definition) is 1. The highest BCUT2D eigenvalue weighted by Gasteiger charge is 2.00. The minimum atomic E-state index is 0.121. The highest BCUT2D eigenvalue weighted by Crippen LogP contribution is 2.24. The van der Waals surface area contributed by atoms with Crippen LogP contribution in [-0.4, -0.2) is 10.8 Å². The summed E-state index contributed by atoms with van der Waals surface area (Å²) < 4.78 is 0. The van der Waals surface area contributed by atoms with Crippen LogP contribution in [-0.2, 0) is 0 Å². The van der Waals surface area contributed by atoms with E-state index in [9.17, 15) is 4.79 Å². The zero-order chi connectivity index (χ0) is 15.4. The first-order chi connectivity index (χ1) is 10.8. The van der Waals surface area contributed by atoms with E-state index < -0.39 is 0 Å². The summed E-state index contributed by atoms with van der Waals surface area (Å²) in [5, 5.41) is 2.61. The zero-order valence-corrected chi connectivity index (χ0v) is 12.4. The van der Waals surface area contributed by atoms with Crippen molar-refractivity contribution in [2.45, 2.75) is 6.92 Å². The van der Waals surface area contributed by atoms with E-state index in [1.165, 1.54) is 21.8 Å². The molecule has 3 aromatic carbocycles. The number of rotatable bonds is 1. The first-order valence-corrected chi connectivity index (χ1v) is 7.27. The monoisotopic (exact) mass is 287 g/mol. The minimum Gasteiger partial charge on any atom is -0.355 e. The topological polar surface area (TPSA) is 32.9 Å². The van der Waals surface area contributed by atoms with E-state index >= 15 is 0 Å². The number of carbonyl (C=O) groups is 1. The first kappa shape index (κ1) is 14.1. The molecule has 0 aliphatic heterocycles. The molecule has 4 rings (SSSR count). The maximum absolute atomic E-state index is 10.6. The molecule has 1 heterocycles. The van der Waals surface area contributed by atoms with Crippen LogP contribution in [0.3, 0.4) is 0 Å². The van der Waals surface area contributed by atoms with E-state index in [-0.39, 0.29) is 5.78 Å². The Balaban J connectivity index is 0.000000142. The van der Waals surface area contributed by atoms with Crippen molar-refractivity contribution >= 4 is 27.6 Å². The second kappa shape index (κ2) is 6.27. The molecule has 108 valence electrons. The molecule has 0 spiro atoms. The van der Waals surface area contributed by atoms with Crippen molar-refractivity contribution in [1.29, 1.82) is 0 Å². The summed E-state index contributed by atoms with van der Waals surface area (Å²) in [4.78, 5) is 14.0. The summed E-state index contributed by atoms with van der Waals surface area (Å²) in [5.74, 6) is 0.121. The largest absolute Gasteiger partial charge is 0.355 e. The third-order valence-electron chi connectivity index (χ3n) is 3.59. The highest BCUT2D eigenvalue weighted by atomic mass is 16.1. The van der Waals surface area contributed by atoms with E-state index in [0.29, 0.717) is 0 Å². The summed E-state index contributed by atoms with van der Waals surface area (Å²) in [6.45, 7) is 1.56. The number of ketones is 1. The van der Waals surface area contributed by atoms with Gasteiger partial charge >= 0.3 is 0 Å². The highest BCUT2D eigenvalue weighted by molar-refractivity contribution is 6.06. The van der Waals surface area contributed by atoms with Gasteiger partial charge in [-0.15, -0.1) is 0 Å². The zero-order valence-electron chi connectivity index (χ0n) is 12.4. The Hall–Kier alpha value is -2.87. The Morgan fingerprint density at radius 3 is 1.59 bits per heavy atom. The Bertz CT molecular complexity index is 856. The van der Waals surface area contributed by atoms with Gasteiger partial charge in [-0.2, -0.15) is 0 Å². The van der Waals surface area contributed by atoms with E-state index in [2.05, 4.69) is 53.5 Å². The number of H-pyrrole nitrogens is 1. The van der Waals surface area contributed by atoms with Crippen LogP contribution >= 0.6 is 0 Å². The molecule has 4 aromatic rings. The Morgan fingerprint density at radius 2 is 1.14 bits per heavy atom. The molecular formula is C20H17NO. The fourth-order valence-corrected chi connectivity index (χ4v) is 2.47. The van der Waals surface area contributed by atoms with E-state index in [1.807, 2.05) is 30.3 Å². The van der Waals surface area contributed by atoms with Gasteiger partial charge in [0, 0.05) is 27.4 Å². The number of Topliss-reactive ketones (excluding diaryl/α,β-unsaturated/α-hetero) is 1. The molecule has 22 heavy (non-hydrogen) atoms. The molecule has 0 aliphatic rings. The second-order valence-corrected chi connectivity index (χ2v) is 5.14. The molecule has 1 aromatic heterocycles. The smallest absolute Gasteiger partial charge is 0.159 e. The van der Waals surface area contributed by atoms with Crippen molar-refractivity contribution in [2.75, 3.05) is 0 Å². The second-order valence-electron chi connectivity index (χ2n) is 5.14. The molecule has 2 heteroatoms. The lowest BCUT2D eigenvalue weighted by molar-refractivity contribution is 0.101. The van der Waals surface area contributed by atoms with Gasteiger partial charge in [0.1, 0.15) is 0 Å². The Kier molecular flexibility index (Phi) is 4.01. The quantitative estimate of drug-likeness (QED) is 0.479. The molecule has 0 fully saturated rings. The molecule has 2 nitrogen and oxygen atoms in total. The van der Waals surface area contributed by atoms with Gasteiger partial charge in [-0.05, 0) is 19.1 Å². The summed E-state index contributed by atoms with van der Waals surface area (Å²) >= 11 is 0. The van der Waals surface area contributed by atoms with Crippen molar-refractivity contribution in [1.82, 2.24) is 4.98 Å². The van der Waals surface area contributed by atoms with Gasteiger partial charge in [-0.3, -0.25) is 4.79 Å². The fourth-order valence-electron chi connectivity index (χ4n) is 2.47. The number of para-hydroxylation sites is 2. The lowest BCUT2D eigenvalue weighted by atomic mass is 10.2. The predicted molar refractivity (Wildman–Crippen MR) is 92.3 cm³/mol. The minimum absolute atomic E-state index is 0.121. The lowest BCUT2D eigenvalue weighted by Gasteiger charge is -1.89. The third kappa shape index (κ3) is 2.91. The van der Waals surface area contributed by atoms with Crippen molar-refractivity contribution in [3.8, 4) is 0 Å². The number of aromatic amines is 1.